The molecule has 1 heterocycles. The first-order valence-corrected chi connectivity index (χ1v) is 8.39. The second-order valence-corrected chi connectivity index (χ2v) is 6.03. The van der Waals surface area contributed by atoms with Crippen molar-refractivity contribution in [1.29, 1.82) is 0 Å². The molecule has 0 unspecified atom stereocenters. The summed E-state index contributed by atoms with van der Waals surface area (Å²) in [5, 5.41) is 3.12. The standard InChI is InChI=1S/C19H21F2N3O/c20-15-1-5-17(6-2-15)22-10-9-19(25)24-13-11-23(12-14-24)18-7-3-16(21)4-8-18/h1-8,22H,9-14H2. The number of benzene rings is 2. The molecule has 1 N–H and O–H groups in total. The van der Waals surface area contributed by atoms with Gasteiger partial charge >= 0.3 is 0 Å². The van der Waals surface area contributed by atoms with Crippen molar-refractivity contribution in [3.8, 4) is 0 Å². The van der Waals surface area contributed by atoms with E-state index in [0.29, 0.717) is 26.1 Å². The van der Waals surface area contributed by atoms with Crippen LogP contribution in [0.3, 0.4) is 0 Å². The number of piperazine rings is 1. The summed E-state index contributed by atoms with van der Waals surface area (Å²) in [7, 11) is 0. The third kappa shape index (κ3) is 4.68. The van der Waals surface area contributed by atoms with E-state index in [4.69, 9.17) is 0 Å². The average Bonchev–Trinajstić information content (AvgIpc) is 2.64. The van der Waals surface area contributed by atoms with E-state index in [-0.39, 0.29) is 17.5 Å². The van der Waals surface area contributed by atoms with Crippen LogP contribution in [0.4, 0.5) is 20.2 Å². The molecule has 0 bridgehead atoms. The molecule has 2 aromatic rings. The molecule has 0 radical (unpaired) electrons. The molecule has 1 fully saturated rings. The van der Waals surface area contributed by atoms with Crippen LogP contribution in [0.25, 0.3) is 0 Å². The van der Waals surface area contributed by atoms with Gasteiger partial charge < -0.3 is 15.1 Å². The molecule has 0 aromatic heterocycles. The number of carbonyl (C=O) groups is 1. The van der Waals surface area contributed by atoms with Crippen LogP contribution in [-0.4, -0.2) is 43.5 Å². The highest BCUT2D eigenvalue weighted by molar-refractivity contribution is 5.77. The van der Waals surface area contributed by atoms with E-state index in [0.717, 1.165) is 24.5 Å². The molecule has 3 rings (SSSR count). The van der Waals surface area contributed by atoms with Crippen LogP contribution in [-0.2, 0) is 4.79 Å². The van der Waals surface area contributed by atoms with Gasteiger partial charge in [0, 0.05) is 50.5 Å². The molecule has 1 saturated heterocycles. The number of halogens is 2. The zero-order chi connectivity index (χ0) is 17.6. The van der Waals surface area contributed by atoms with Crippen molar-refractivity contribution in [3.63, 3.8) is 0 Å². The molecule has 0 aliphatic carbocycles. The maximum absolute atomic E-state index is 13.0. The average molecular weight is 345 g/mol. The molecule has 0 saturated carbocycles. The lowest BCUT2D eigenvalue weighted by molar-refractivity contribution is -0.131. The first-order valence-electron chi connectivity index (χ1n) is 8.39. The maximum Gasteiger partial charge on any atom is 0.224 e. The Morgan fingerprint density at radius 2 is 1.44 bits per heavy atom. The van der Waals surface area contributed by atoms with Crippen molar-refractivity contribution in [3.05, 3.63) is 60.2 Å². The number of nitrogens with zero attached hydrogens (tertiary/aromatic N) is 2. The molecule has 0 atom stereocenters. The van der Waals surface area contributed by atoms with Gasteiger partial charge in [-0.25, -0.2) is 8.78 Å². The minimum atomic E-state index is -0.277. The van der Waals surface area contributed by atoms with Crippen LogP contribution in [0.15, 0.2) is 48.5 Å². The lowest BCUT2D eigenvalue weighted by Crippen LogP contribution is -2.49. The molecule has 4 nitrogen and oxygen atoms in total. The van der Waals surface area contributed by atoms with Crippen molar-refractivity contribution in [2.24, 2.45) is 0 Å². The predicted molar refractivity (Wildman–Crippen MR) is 94.7 cm³/mol. The van der Waals surface area contributed by atoms with Gasteiger partial charge in [-0.3, -0.25) is 4.79 Å². The van der Waals surface area contributed by atoms with Crippen LogP contribution >= 0.6 is 0 Å². The largest absolute Gasteiger partial charge is 0.385 e. The molecule has 1 amide bonds. The van der Waals surface area contributed by atoms with Crippen LogP contribution in [0.5, 0.6) is 0 Å². The highest BCUT2D eigenvalue weighted by atomic mass is 19.1. The fraction of sp³-hybridized carbons (Fsp3) is 0.316. The summed E-state index contributed by atoms with van der Waals surface area (Å²) in [5.41, 5.74) is 1.78. The third-order valence-corrected chi connectivity index (χ3v) is 4.34. The number of amides is 1. The van der Waals surface area contributed by atoms with Gasteiger partial charge in [0.2, 0.25) is 5.91 Å². The maximum atomic E-state index is 13.0. The van der Waals surface area contributed by atoms with Crippen LogP contribution in [0.2, 0.25) is 0 Å². The minimum absolute atomic E-state index is 0.105. The monoisotopic (exact) mass is 345 g/mol. The summed E-state index contributed by atoms with van der Waals surface area (Å²) in [6.07, 6.45) is 0.397. The Hall–Kier alpha value is -2.63. The third-order valence-electron chi connectivity index (χ3n) is 4.34. The topological polar surface area (TPSA) is 35.6 Å². The van der Waals surface area contributed by atoms with Crippen molar-refractivity contribution >= 4 is 17.3 Å². The van der Waals surface area contributed by atoms with E-state index >= 15 is 0 Å². The number of hydrogen-bond donors (Lipinski definition) is 1. The fourth-order valence-corrected chi connectivity index (χ4v) is 2.91. The SMILES string of the molecule is O=C(CCNc1ccc(F)cc1)N1CCN(c2ccc(F)cc2)CC1. The zero-order valence-corrected chi connectivity index (χ0v) is 13.9. The van der Waals surface area contributed by atoms with E-state index in [1.807, 2.05) is 4.90 Å². The number of anilines is 2. The second-order valence-electron chi connectivity index (χ2n) is 6.03. The minimum Gasteiger partial charge on any atom is -0.385 e. The normalized spacial score (nSPS) is 14.5. The van der Waals surface area contributed by atoms with Crippen molar-refractivity contribution in [1.82, 2.24) is 4.90 Å². The Morgan fingerprint density at radius 1 is 0.880 bits per heavy atom. The Balaban J connectivity index is 1.42. The predicted octanol–water partition coefficient (Wildman–Crippen LogP) is 3.12. The van der Waals surface area contributed by atoms with Gasteiger partial charge in [-0.15, -0.1) is 0 Å². The highest BCUT2D eigenvalue weighted by Gasteiger charge is 2.20. The number of hydrogen-bond acceptors (Lipinski definition) is 3. The van der Waals surface area contributed by atoms with E-state index in [1.54, 1.807) is 24.3 Å². The number of carbonyl (C=O) groups excluding carboxylic acids is 1. The summed E-state index contributed by atoms with van der Waals surface area (Å²) in [4.78, 5) is 16.3. The van der Waals surface area contributed by atoms with Gasteiger partial charge in [0.15, 0.2) is 0 Å². The van der Waals surface area contributed by atoms with Gasteiger partial charge in [0.1, 0.15) is 11.6 Å². The van der Waals surface area contributed by atoms with Crippen LogP contribution < -0.4 is 10.2 Å². The summed E-state index contributed by atoms with van der Waals surface area (Å²) >= 11 is 0. The smallest absolute Gasteiger partial charge is 0.224 e. The first-order chi connectivity index (χ1) is 12.1. The van der Waals surface area contributed by atoms with Gasteiger partial charge in [0.05, 0.1) is 0 Å². The molecular formula is C19H21F2N3O. The molecule has 2 aromatic carbocycles. The summed E-state index contributed by atoms with van der Waals surface area (Å²) in [6.45, 7) is 3.31. The Labute approximate surface area is 146 Å². The summed E-state index contributed by atoms with van der Waals surface area (Å²) in [6, 6.07) is 12.5. The Bertz CT molecular complexity index is 696. The van der Waals surface area contributed by atoms with Gasteiger partial charge in [0.25, 0.3) is 0 Å². The molecular weight excluding hydrogens is 324 g/mol. The van der Waals surface area contributed by atoms with E-state index in [9.17, 15) is 13.6 Å². The van der Waals surface area contributed by atoms with Gasteiger partial charge in [-0.1, -0.05) is 0 Å². The number of nitrogens with one attached hydrogen (secondary N) is 1. The fourth-order valence-electron chi connectivity index (χ4n) is 2.91. The number of rotatable bonds is 5. The lowest BCUT2D eigenvalue weighted by Gasteiger charge is -2.36. The van der Waals surface area contributed by atoms with E-state index in [1.165, 1.54) is 24.3 Å². The summed E-state index contributed by atoms with van der Waals surface area (Å²) in [5.74, 6) is -0.416. The van der Waals surface area contributed by atoms with Crippen LogP contribution in [0, 0.1) is 11.6 Å². The first kappa shape index (κ1) is 17.2. The Morgan fingerprint density at radius 3 is 2.04 bits per heavy atom. The molecule has 6 heteroatoms. The quantitative estimate of drug-likeness (QED) is 0.904. The van der Waals surface area contributed by atoms with Crippen LogP contribution in [0.1, 0.15) is 6.42 Å². The molecule has 132 valence electrons. The Kier molecular flexibility index (Phi) is 5.48. The molecule has 1 aliphatic heterocycles. The molecule has 25 heavy (non-hydrogen) atoms. The second kappa shape index (κ2) is 7.96. The lowest BCUT2D eigenvalue weighted by atomic mass is 10.2. The molecule has 0 spiro atoms. The van der Waals surface area contributed by atoms with Gasteiger partial charge in [-0.05, 0) is 48.5 Å². The van der Waals surface area contributed by atoms with Crippen molar-refractivity contribution < 1.29 is 13.6 Å². The zero-order valence-electron chi connectivity index (χ0n) is 13.9. The highest BCUT2D eigenvalue weighted by Crippen LogP contribution is 2.17. The summed E-state index contributed by atoms with van der Waals surface area (Å²) < 4.78 is 25.8. The van der Waals surface area contributed by atoms with Crippen molar-refractivity contribution in [2.75, 3.05) is 42.9 Å². The van der Waals surface area contributed by atoms with E-state index < -0.39 is 0 Å². The van der Waals surface area contributed by atoms with E-state index in [2.05, 4.69) is 10.2 Å². The van der Waals surface area contributed by atoms with Crippen molar-refractivity contribution in [2.45, 2.75) is 6.42 Å². The molecule has 1 aliphatic rings. The van der Waals surface area contributed by atoms with Gasteiger partial charge in [-0.2, -0.15) is 0 Å².